The monoisotopic (exact) mass is 220 g/mol. The molecule has 0 aliphatic heterocycles. The number of pyridine rings is 1. The van der Waals surface area contributed by atoms with Gasteiger partial charge in [-0.3, -0.25) is 4.98 Å². The zero-order valence-electron chi connectivity index (χ0n) is 10.6. The summed E-state index contributed by atoms with van der Waals surface area (Å²) in [4.78, 5) is 4.30. The molecule has 0 atom stereocenters. The van der Waals surface area contributed by atoms with Crippen LogP contribution >= 0.6 is 0 Å². The minimum atomic E-state index is 0.841. The fraction of sp³-hybridized carbons (Fsp3) is 0.643. The van der Waals surface area contributed by atoms with Crippen LogP contribution in [0.2, 0.25) is 0 Å². The van der Waals surface area contributed by atoms with Crippen LogP contribution in [0.4, 0.5) is 0 Å². The predicted molar refractivity (Wildman–Crippen MR) is 69.5 cm³/mol. The van der Waals surface area contributed by atoms with Crippen molar-refractivity contribution in [2.75, 3.05) is 13.1 Å². The highest BCUT2D eigenvalue weighted by atomic mass is 14.8. The van der Waals surface area contributed by atoms with Gasteiger partial charge in [0.25, 0.3) is 0 Å². The van der Waals surface area contributed by atoms with Gasteiger partial charge in [0.15, 0.2) is 0 Å². The third-order valence-electron chi connectivity index (χ3n) is 2.67. The number of hydrogen-bond acceptors (Lipinski definition) is 2. The van der Waals surface area contributed by atoms with E-state index in [4.69, 9.17) is 0 Å². The maximum atomic E-state index is 4.30. The number of rotatable bonds is 8. The number of nitrogens with one attached hydrogen (secondary N) is 1. The molecule has 1 N–H and O–H groups in total. The van der Waals surface area contributed by atoms with E-state index in [1.54, 1.807) is 0 Å². The molecule has 0 aliphatic carbocycles. The molecule has 0 spiro atoms. The smallest absolute Gasteiger partial charge is 0.0416 e. The summed E-state index contributed by atoms with van der Waals surface area (Å²) in [6.45, 7) is 6.75. The van der Waals surface area contributed by atoms with Crippen LogP contribution in [0, 0.1) is 5.92 Å². The molecule has 0 radical (unpaired) electrons. The van der Waals surface area contributed by atoms with Crippen molar-refractivity contribution in [1.29, 1.82) is 0 Å². The van der Waals surface area contributed by atoms with Crippen molar-refractivity contribution in [2.24, 2.45) is 5.92 Å². The standard InChI is InChI=1S/C14H24N2/c1-13(2)7-3-5-10-15-12-9-14-8-4-6-11-16-14/h4,6,8,11,13,15H,3,5,7,9-10,12H2,1-2H3. The molecular formula is C14H24N2. The van der Waals surface area contributed by atoms with E-state index in [1.165, 1.54) is 25.0 Å². The lowest BCUT2D eigenvalue weighted by Gasteiger charge is -2.06. The van der Waals surface area contributed by atoms with Crippen LogP contribution in [-0.2, 0) is 6.42 Å². The van der Waals surface area contributed by atoms with Crippen LogP contribution in [0.25, 0.3) is 0 Å². The summed E-state index contributed by atoms with van der Waals surface area (Å²) in [6, 6.07) is 6.09. The SMILES string of the molecule is CC(C)CCCCNCCc1ccccn1. The highest BCUT2D eigenvalue weighted by Gasteiger charge is 1.95. The Bertz CT molecular complexity index is 257. The predicted octanol–water partition coefficient (Wildman–Crippen LogP) is 3.04. The Hall–Kier alpha value is -0.890. The third kappa shape index (κ3) is 6.57. The Morgan fingerprint density at radius 3 is 2.75 bits per heavy atom. The van der Waals surface area contributed by atoms with Gasteiger partial charge in [-0.2, -0.15) is 0 Å². The Balaban J connectivity index is 1.93. The number of unbranched alkanes of at least 4 members (excludes halogenated alkanes) is 1. The van der Waals surface area contributed by atoms with Crippen LogP contribution < -0.4 is 5.32 Å². The van der Waals surface area contributed by atoms with Gasteiger partial charge in [0, 0.05) is 24.9 Å². The van der Waals surface area contributed by atoms with Gasteiger partial charge in [-0.1, -0.05) is 32.8 Å². The maximum Gasteiger partial charge on any atom is 0.0416 e. The molecule has 2 heteroatoms. The summed E-state index contributed by atoms with van der Waals surface area (Å²) in [6.07, 6.45) is 6.87. The molecule has 0 amide bonds. The summed E-state index contributed by atoms with van der Waals surface area (Å²) in [5.74, 6) is 0.841. The van der Waals surface area contributed by atoms with Crippen molar-refractivity contribution in [2.45, 2.75) is 39.5 Å². The average molecular weight is 220 g/mol. The minimum absolute atomic E-state index is 0.841. The molecule has 0 fully saturated rings. The lowest BCUT2D eigenvalue weighted by Crippen LogP contribution is -2.18. The first-order valence-corrected chi connectivity index (χ1v) is 6.39. The van der Waals surface area contributed by atoms with Crippen LogP contribution in [0.1, 0.15) is 38.8 Å². The van der Waals surface area contributed by atoms with E-state index in [9.17, 15) is 0 Å². The van der Waals surface area contributed by atoms with Crippen molar-refractivity contribution in [1.82, 2.24) is 10.3 Å². The minimum Gasteiger partial charge on any atom is -0.316 e. The second-order valence-electron chi connectivity index (χ2n) is 4.71. The zero-order valence-corrected chi connectivity index (χ0v) is 10.6. The number of aromatic nitrogens is 1. The zero-order chi connectivity index (χ0) is 11.6. The van der Waals surface area contributed by atoms with Crippen molar-refractivity contribution in [3.8, 4) is 0 Å². The summed E-state index contributed by atoms with van der Waals surface area (Å²) in [5, 5.41) is 3.47. The Morgan fingerprint density at radius 2 is 2.06 bits per heavy atom. The molecule has 0 bridgehead atoms. The topological polar surface area (TPSA) is 24.9 Å². The summed E-state index contributed by atoms with van der Waals surface area (Å²) >= 11 is 0. The van der Waals surface area contributed by atoms with Gasteiger partial charge in [-0.05, 0) is 31.0 Å². The average Bonchev–Trinajstić information content (AvgIpc) is 2.29. The van der Waals surface area contributed by atoms with Crippen LogP contribution in [0.3, 0.4) is 0 Å². The molecule has 90 valence electrons. The fourth-order valence-electron chi connectivity index (χ4n) is 1.69. The fourth-order valence-corrected chi connectivity index (χ4v) is 1.69. The second-order valence-corrected chi connectivity index (χ2v) is 4.71. The Kier molecular flexibility index (Phi) is 6.82. The van der Waals surface area contributed by atoms with Crippen molar-refractivity contribution < 1.29 is 0 Å². The van der Waals surface area contributed by atoms with E-state index < -0.39 is 0 Å². The molecule has 1 aromatic heterocycles. The van der Waals surface area contributed by atoms with E-state index in [0.717, 1.165) is 25.4 Å². The normalized spacial score (nSPS) is 10.9. The summed E-state index contributed by atoms with van der Waals surface area (Å²) in [7, 11) is 0. The van der Waals surface area contributed by atoms with E-state index in [0.29, 0.717) is 0 Å². The van der Waals surface area contributed by atoms with Crippen LogP contribution in [0.15, 0.2) is 24.4 Å². The third-order valence-corrected chi connectivity index (χ3v) is 2.67. The van der Waals surface area contributed by atoms with E-state index >= 15 is 0 Å². The van der Waals surface area contributed by atoms with Crippen molar-refractivity contribution in [3.05, 3.63) is 30.1 Å². The van der Waals surface area contributed by atoms with Crippen molar-refractivity contribution >= 4 is 0 Å². The lowest BCUT2D eigenvalue weighted by atomic mass is 10.1. The van der Waals surface area contributed by atoms with Gasteiger partial charge in [0.05, 0.1) is 0 Å². The number of hydrogen-bond donors (Lipinski definition) is 1. The molecule has 1 aromatic rings. The largest absolute Gasteiger partial charge is 0.316 e. The molecule has 0 aromatic carbocycles. The van der Waals surface area contributed by atoms with Crippen LogP contribution in [-0.4, -0.2) is 18.1 Å². The molecule has 1 rings (SSSR count). The highest BCUT2D eigenvalue weighted by Crippen LogP contribution is 2.04. The Labute approximate surface area is 99.5 Å². The molecular weight excluding hydrogens is 196 g/mol. The molecule has 0 unspecified atom stereocenters. The van der Waals surface area contributed by atoms with Gasteiger partial charge in [-0.15, -0.1) is 0 Å². The molecule has 2 nitrogen and oxygen atoms in total. The first-order chi connectivity index (χ1) is 7.79. The summed E-state index contributed by atoms with van der Waals surface area (Å²) in [5.41, 5.74) is 1.18. The molecule has 0 aliphatic rings. The van der Waals surface area contributed by atoms with Gasteiger partial charge in [-0.25, -0.2) is 0 Å². The summed E-state index contributed by atoms with van der Waals surface area (Å²) < 4.78 is 0. The van der Waals surface area contributed by atoms with Gasteiger partial charge >= 0.3 is 0 Å². The first kappa shape index (κ1) is 13.2. The highest BCUT2D eigenvalue weighted by molar-refractivity contribution is 5.03. The maximum absolute atomic E-state index is 4.30. The lowest BCUT2D eigenvalue weighted by molar-refractivity contribution is 0.521. The van der Waals surface area contributed by atoms with E-state index in [-0.39, 0.29) is 0 Å². The van der Waals surface area contributed by atoms with E-state index in [1.807, 2.05) is 18.3 Å². The first-order valence-electron chi connectivity index (χ1n) is 6.39. The van der Waals surface area contributed by atoms with Crippen LogP contribution in [0.5, 0.6) is 0 Å². The number of nitrogens with zero attached hydrogens (tertiary/aromatic N) is 1. The van der Waals surface area contributed by atoms with E-state index in [2.05, 4.69) is 30.2 Å². The van der Waals surface area contributed by atoms with Crippen molar-refractivity contribution in [3.63, 3.8) is 0 Å². The molecule has 0 saturated carbocycles. The quantitative estimate of drug-likeness (QED) is 0.681. The Morgan fingerprint density at radius 1 is 1.19 bits per heavy atom. The van der Waals surface area contributed by atoms with Gasteiger partial charge in [0.1, 0.15) is 0 Å². The molecule has 1 heterocycles. The van der Waals surface area contributed by atoms with Gasteiger partial charge in [0.2, 0.25) is 0 Å². The molecule has 0 saturated heterocycles. The molecule has 16 heavy (non-hydrogen) atoms. The second kappa shape index (κ2) is 8.28. The van der Waals surface area contributed by atoms with Gasteiger partial charge < -0.3 is 5.32 Å².